The van der Waals surface area contributed by atoms with Crippen LogP contribution in [0, 0.1) is 0 Å². The predicted molar refractivity (Wildman–Crippen MR) is 77.6 cm³/mol. The van der Waals surface area contributed by atoms with Gasteiger partial charge in [-0.15, -0.1) is 0 Å². The SMILES string of the molecule is COc1cc(OC)c(-c2ncc(Br)c(=O)[nH]2)cc1OC. The summed E-state index contributed by atoms with van der Waals surface area (Å²) in [6, 6.07) is 3.38. The Labute approximate surface area is 123 Å². The van der Waals surface area contributed by atoms with E-state index < -0.39 is 0 Å². The van der Waals surface area contributed by atoms with Gasteiger partial charge in [-0.3, -0.25) is 4.79 Å². The lowest BCUT2D eigenvalue weighted by Gasteiger charge is -2.13. The number of nitrogens with one attached hydrogen (secondary N) is 1. The predicted octanol–water partition coefficient (Wildman–Crippen LogP) is 2.23. The van der Waals surface area contributed by atoms with Gasteiger partial charge in [-0.05, 0) is 22.0 Å². The molecule has 1 N–H and O–H groups in total. The molecule has 0 bridgehead atoms. The maximum absolute atomic E-state index is 11.7. The molecule has 1 aromatic carbocycles. The van der Waals surface area contributed by atoms with Gasteiger partial charge in [0, 0.05) is 12.3 Å². The zero-order valence-corrected chi connectivity index (χ0v) is 12.8. The summed E-state index contributed by atoms with van der Waals surface area (Å²) in [6.07, 6.45) is 1.43. The van der Waals surface area contributed by atoms with E-state index in [-0.39, 0.29) is 5.56 Å². The van der Waals surface area contributed by atoms with Crippen LogP contribution >= 0.6 is 15.9 Å². The number of ether oxygens (including phenoxy) is 3. The van der Waals surface area contributed by atoms with E-state index in [4.69, 9.17) is 14.2 Å². The molecule has 0 aliphatic carbocycles. The van der Waals surface area contributed by atoms with Gasteiger partial charge >= 0.3 is 0 Å². The van der Waals surface area contributed by atoms with Crippen LogP contribution in [-0.2, 0) is 0 Å². The zero-order valence-electron chi connectivity index (χ0n) is 11.2. The second kappa shape index (κ2) is 5.96. The van der Waals surface area contributed by atoms with Crippen molar-refractivity contribution < 1.29 is 14.2 Å². The average molecular weight is 341 g/mol. The van der Waals surface area contributed by atoms with E-state index in [1.54, 1.807) is 12.1 Å². The van der Waals surface area contributed by atoms with Crippen molar-refractivity contribution in [3.63, 3.8) is 0 Å². The van der Waals surface area contributed by atoms with Crippen LogP contribution in [0.15, 0.2) is 27.6 Å². The van der Waals surface area contributed by atoms with E-state index in [2.05, 4.69) is 25.9 Å². The second-order valence-corrected chi connectivity index (χ2v) is 4.67. The monoisotopic (exact) mass is 340 g/mol. The van der Waals surface area contributed by atoms with Gasteiger partial charge in [-0.2, -0.15) is 0 Å². The number of H-pyrrole nitrogens is 1. The van der Waals surface area contributed by atoms with Gasteiger partial charge in [0.25, 0.3) is 5.56 Å². The second-order valence-electron chi connectivity index (χ2n) is 3.82. The van der Waals surface area contributed by atoms with E-state index in [0.29, 0.717) is 33.1 Å². The minimum Gasteiger partial charge on any atom is -0.496 e. The Morgan fingerprint density at radius 1 is 1.05 bits per heavy atom. The third-order valence-electron chi connectivity index (χ3n) is 2.72. The van der Waals surface area contributed by atoms with Crippen LogP contribution in [-0.4, -0.2) is 31.3 Å². The van der Waals surface area contributed by atoms with Crippen molar-refractivity contribution in [1.29, 1.82) is 0 Å². The molecular formula is C13H13BrN2O4. The molecule has 1 aromatic heterocycles. The standard InChI is InChI=1S/C13H13BrN2O4/c1-18-9-5-11(20-3)10(19-2)4-7(9)12-15-6-8(14)13(17)16-12/h4-6H,1-3H3,(H,15,16,17). The lowest BCUT2D eigenvalue weighted by atomic mass is 10.1. The highest BCUT2D eigenvalue weighted by molar-refractivity contribution is 9.10. The third-order valence-corrected chi connectivity index (χ3v) is 3.28. The number of hydrogen-bond donors (Lipinski definition) is 1. The molecule has 0 amide bonds. The number of aromatic amines is 1. The summed E-state index contributed by atoms with van der Waals surface area (Å²) in [5.74, 6) is 1.96. The zero-order chi connectivity index (χ0) is 14.7. The van der Waals surface area contributed by atoms with Gasteiger partial charge in [0.1, 0.15) is 16.0 Å². The Balaban J connectivity index is 2.65. The summed E-state index contributed by atoms with van der Waals surface area (Å²) < 4.78 is 16.1. The summed E-state index contributed by atoms with van der Waals surface area (Å²) in [6.45, 7) is 0. The van der Waals surface area contributed by atoms with Crippen molar-refractivity contribution in [3.05, 3.63) is 33.2 Å². The normalized spacial score (nSPS) is 10.2. The summed E-state index contributed by atoms with van der Waals surface area (Å²) >= 11 is 3.11. The Bertz CT molecular complexity index is 685. The summed E-state index contributed by atoms with van der Waals surface area (Å²) in [5.41, 5.74) is 0.335. The number of methoxy groups -OCH3 is 3. The van der Waals surface area contributed by atoms with Crippen molar-refractivity contribution in [2.75, 3.05) is 21.3 Å². The van der Waals surface area contributed by atoms with Crippen molar-refractivity contribution in [2.45, 2.75) is 0 Å². The van der Waals surface area contributed by atoms with Crippen LogP contribution in [0.1, 0.15) is 0 Å². The molecule has 0 unspecified atom stereocenters. The fourth-order valence-corrected chi connectivity index (χ4v) is 1.93. The molecule has 0 radical (unpaired) electrons. The quantitative estimate of drug-likeness (QED) is 0.923. The maximum atomic E-state index is 11.7. The summed E-state index contributed by atoms with van der Waals surface area (Å²) in [4.78, 5) is 18.5. The van der Waals surface area contributed by atoms with Crippen molar-refractivity contribution in [1.82, 2.24) is 9.97 Å². The molecule has 7 heteroatoms. The number of hydrogen-bond acceptors (Lipinski definition) is 5. The molecule has 0 saturated heterocycles. The van der Waals surface area contributed by atoms with E-state index in [1.165, 1.54) is 27.5 Å². The van der Waals surface area contributed by atoms with Gasteiger partial charge in [0.2, 0.25) is 0 Å². The van der Waals surface area contributed by atoms with Crippen LogP contribution in [0.2, 0.25) is 0 Å². The Hall–Kier alpha value is -2.02. The highest BCUT2D eigenvalue weighted by atomic mass is 79.9. The molecule has 1 heterocycles. The fraction of sp³-hybridized carbons (Fsp3) is 0.231. The average Bonchev–Trinajstić information content (AvgIpc) is 2.48. The highest BCUT2D eigenvalue weighted by Crippen LogP contribution is 2.38. The first kappa shape index (κ1) is 14.4. The van der Waals surface area contributed by atoms with Gasteiger partial charge in [0.15, 0.2) is 11.5 Å². The Kier molecular flexibility index (Phi) is 4.29. The van der Waals surface area contributed by atoms with Crippen molar-refractivity contribution in [3.8, 4) is 28.6 Å². The highest BCUT2D eigenvalue weighted by Gasteiger charge is 2.15. The molecule has 2 aromatic rings. The van der Waals surface area contributed by atoms with Crippen LogP contribution in [0.5, 0.6) is 17.2 Å². The molecule has 0 saturated carbocycles. The van der Waals surface area contributed by atoms with Crippen molar-refractivity contribution in [2.24, 2.45) is 0 Å². The minimum atomic E-state index is -0.271. The van der Waals surface area contributed by atoms with E-state index >= 15 is 0 Å². The first-order chi connectivity index (χ1) is 9.60. The molecule has 20 heavy (non-hydrogen) atoms. The number of benzene rings is 1. The van der Waals surface area contributed by atoms with E-state index in [0.717, 1.165) is 0 Å². The van der Waals surface area contributed by atoms with Crippen LogP contribution in [0.3, 0.4) is 0 Å². The Morgan fingerprint density at radius 2 is 1.65 bits per heavy atom. The largest absolute Gasteiger partial charge is 0.496 e. The van der Waals surface area contributed by atoms with Gasteiger partial charge in [-0.25, -0.2) is 4.98 Å². The lowest BCUT2D eigenvalue weighted by molar-refractivity contribution is 0.349. The number of halogens is 1. The number of nitrogens with zero attached hydrogens (tertiary/aromatic N) is 1. The van der Waals surface area contributed by atoms with Gasteiger partial charge in [0.05, 0.1) is 26.9 Å². The van der Waals surface area contributed by atoms with Crippen LogP contribution in [0.4, 0.5) is 0 Å². The molecule has 0 atom stereocenters. The van der Waals surface area contributed by atoms with Crippen molar-refractivity contribution >= 4 is 15.9 Å². The maximum Gasteiger partial charge on any atom is 0.265 e. The molecule has 0 aliphatic heterocycles. The summed E-state index contributed by atoms with van der Waals surface area (Å²) in [5, 5.41) is 0. The smallest absolute Gasteiger partial charge is 0.265 e. The first-order valence-corrected chi connectivity index (χ1v) is 6.45. The lowest BCUT2D eigenvalue weighted by Crippen LogP contribution is -2.09. The Morgan fingerprint density at radius 3 is 2.20 bits per heavy atom. The van der Waals surface area contributed by atoms with E-state index in [1.807, 2.05) is 0 Å². The van der Waals surface area contributed by atoms with Crippen LogP contribution < -0.4 is 19.8 Å². The fourth-order valence-electron chi connectivity index (χ4n) is 1.73. The summed E-state index contributed by atoms with van der Waals surface area (Å²) in [7, 11) is 4.60. The number of rotatable bonds is 4. The molecule has 2 rings (SSSR count). The number of aromatic nitrogens is 2. The van der Waals surface area contributed by atoms with E-state index in [9.17, 15) is 4.79 Å². The molecule has 6 nitrogen and oxygen atoms in total. The van der Waals surface area contributed by atoms with Gasteiger partial charge in [-0.1, -0.05) is 0 Å². The molecule has 106 valence electrons. The molecular weight excluding hydrogens is 328 g/mol. The molecule has 0 fully saturated rings. The third kappa shape index (κ3) is 2.62. The van der Waals surface area contributed by atoms with Gasteiger partial charge < -0.3 is 19.2 Å². The minimum absolute atomic E-state index is 0.271. The molecule has 0 spiro atoms. The van der Waals surface area contributed by atoms with Crippen LogP contribution in [0.25, 0.3) is 11.4 Å². The first-order valence-electron chi connectivity index (χ1n) is 5.66. The molecule has 0 aliphatic rings. The topological polar surface area (TPSA) is 73.4 Å².